The van der Waals surface area contributed by atoms with E-state index in [4.69, 9.17) is 5.73 Å². The third kappa shape index (κ3) is 1.72. The molecule has 0 fully saturated rings. The van der Waals surface area contributed by atoms with Gasteiger partial charge in [-0.15, -0.1) is 10.2 Å². The highest BCUT2D eigenvalue weighted by Gasteiger charge is 2.31. The van der Waals surface area contributed by atoms with E-state index in [-0.39, 0.29) is 10.1 Å². The molecule has 0 aliphatic carbocycles. The van der Waals surface area contributed by atoms with Gasteiger partial charge in [0.25, 0.3) is 0 Å². The summed E-state index contributed by atoms with van der Waals surface area (Å²) in [6.07, 6.45) is 0. The molecule has 0 atom stereocenters. The maximum Gasteiger partial charge on any atom is 0.349 e. The second-order valence-corrected chi connectivity index (χ2v) is 3.81. The van der Waals surface area contributed by atoms with Crippen LogP contribution < -0.4 is 5.73 Å². The van der Waals surface area contributed by atoms with Crippen LogP contribution in [0.3, 0.4) is 0 Å². The Hall–Kier alpha value is -0.0500. The highest BCUT2D eigenvalue weighted by atomic mass is 127. The van der Waals surface area contributed by atoms with Crippen molar-refractivity contribution in [3.63, 3.8) is 0 Å². The fourth-order valence-electron chi connectivity index (χ4n) is 0.349. The molecule has 0 unspecified atom stereocenters. The zero-order valence-corrected chi connectivity index (χ0v) is 7.49. The monoisotopic (exact) mass is 277 g/mol. The van der Waals surface area contributed by atoms with Gasteiger partial charge in [-0.3, -0.25) is 0 Å². The Morgan fingerprint density at radius 3 is 2.30 bits per heavy atom. The highest BCUT2D eigenvalue weighted by molar-refractivity contribution is 14.1. The minimum atomic E-state index is -2.95. The molecule has 2 N–H and O–H groups in total. The lowest BCUT2D eigenvalue weighted by Crippen LogP contribution is -2.00. The number of halogens is 3. The van der Waals surface area contributed by atoms with Gasteiger partial charge in [-0.05, 0) is 0 Å². The van der Waals surface area contributed by atoms with Crippen LogP contribution in [0.15, 0.2) is 0 Å². The largest absolute Gasteiger partial charge is 0.374 e. The standard InChI is InChI=1S/C3H2F2IN3S/c4-3(5,6)1-8-9-2(7)10-1/h(H2,7,9). The van der Waals surface area contributed by atoms with Gasteiger partial charge in [0, 0.05) is 22.6 Å². The quantitative estimate of drug-likeness (QED) is 0.626. The van der Waals surface area contributed by atoms with Crippen molar-refractivity contribution in [2.45, 2.75) is 3.93 Å². The molecule has 1 aromatic heterocycles. The van der Waals surface area contributed by atoms with Gasteiger partial charge in [0.05, 0.1) is 0 Å². The van der Waals surface area contributed by atoms with Crippen molar-refractivity contribution in [2.24, 2.45) is 0 Å². The summed E-state index contributed by atoms with van der Waals surface area (Å²) in [7, 11) is 0. The molecule has 0 aliphatic heterocycles. The Bertz CT molecular complexity index is 232. The molecular weight excluding hydrogens is 275 g/mol. The first-order chi connectivity index (χ1) is 4.50. The van der Waals surface area contributed by atoms with Crippen LogP contribution in [0, 0.1) is 0 Å². The van der Waals surface area contributed by atoms with Gasteiger partial charge in [0.2, 0.25) is 5.13 Å². The van der Waals surface area contributed by atoms with E-state index in [1.54, 1.807) is 0 Å². The van der Waals surface area contributed by atoms with Crippen LogP contribution in [0.2, 0.25) is 0 Å². The number of hydrogen-bond donors (Lipinski definition) is 1. The van der Waals surface area contributed by atoms with Gasteiger partial charge in [0.15, 0.2) is 5.01 Å². The normalized spacial score (nSPS) is 11.9. The van der Waals surface area contributed by atoms with E-state index in [1.165, 1.54) is 0 Å². The first kappa shape index (κ1) is 8.05. The second kappa shape index (κ2) is 2.53. The minimum absolute atomic E-state index is 0.0614. The van der Waals surface area contributed by atoms with Crippen LogP contribution in [0.4, 0.5) is 13.9 Å². The van der Waals surface area contributed by atoms with Crippen molar-refractivity contribution in [3.8, 4) is 0 Å². The molecule has 0 aromatic carbocycles. The molecule has 1 aromatic rings. The zero-order chi connectivity index (χ0) is 7.78. The summed E-state index contributed by atoms with van der Waals surface area (Å²) >= 11 is 1.67. The number of nitrogens with two attached hydrogens (primary N) is 1. The van der Waals surface area contributed by atoms with Crippen molar-refractivity contribution in [2.75, 3.05) is 5.73 Å². The molecular formula is C3H2F2IN3S. The Morgan fingerprint density at radius 2 is 2.10 bits per heavy atom. The summed E-state index contributed by atoms with van der Waals surface area (Å²) in [5, 5.41) is 6.12. The summed E-state index contributed by atoms with van der Waals surface area (Å²) in [6, 6.07) is 0. The van der Waals surface area contributed by atoms with Gasteiger partial charge in [0.1, 0.15) is 0 Å². The number of hydrogen-bond acceptors (Lipinski definition) is 4. The minimum Gasteiger partial charge on any atom is -0.374 e. The average Bonchev–Trinajstić information content (AvgIpc) is 2.11. The maximum atomic E-state index is 12.3. The van der Waals surface area contributed by atoms with Crippen LogP contribution in [-0.2, 0) is 3.93 Å². The molecule has 0 radical (unpaired) electrons. The van der Waals surface area contributed by atoms with Crippen LogP contribution in [-0.4, -0.2) is 10.2 Å². The van der Waals surface area contributed by atoms with Gasteiger partial charge in [-0.2, -0.15) is 8.78 Å². The third-order valence-corrected chi connectivity index (χ3v) is 2.38. The van der Waals surface area contributed by atoms with E-state index in [2.05, 4.69) is 10.2 Å². The lowest BCUT2D eigenvalue weighted by molar-refractivity contribution is 0.126. The van der Waals surface area contributed by atoms with Gasteiger partial charge in [-0.25, -0.2) is 0 Å². The molecule has 10 heavy (non-hydrogen) atoms. The first-order valence-corrected chi connectivity index (χ1v) is 4.06. The SMILES string of the molecule is Nc1nnc(C(F)(F)I)s1. The van der Waals surface area contributed by atoms with E-state index >= 15 is 0 Å². The maximum absolute atomic E-state index is 12.3. The number of rotatable bonds is 1. The predicted molar refractivity (Wildman–Crippen MR) is 42.2 cm³/mol. The molecule has 0 amide bonds. The average molecular weight is 277 g/mol. The molecule has 0 bridgehead atoms. The highest BCUT2D eigenvalue weighted by Crippen LogP contribution is 2.37. The fourth-order valence-corrected chi connectivity index (χ4v) is 1.26. The van der Waals surface area contributed by atoms with E-state index in [0.29, 0.717) is 11.3 Å². The van der Waals surface area contributed by atoms with Crippen molar-refractivity contribution < 1.29 is 8.78 Å². The van der Waals surface area contributed by atoms with Crippen molar-refractivity contribution in [1.29, 1.82) is 0 Å². The topological polar surface area (TPSA) is 51.8 Å². The van der Waals surface area contributed by atoms with Crippen LogP contribution in [0.25, 0.3) is 0 Å². The summed E-state index contributed by atoms with van der Waals surface area (Å²) < 4.78 is 21.7. The summed E-state index contributed by atoms with van der Waals surface area (Å²) in [5.74, 6) is 0. The third-order valence-electron chi connectivity index (χ3n) is 0.683. The first-order valence-electron chi connectivity index (χ1n) is 2.16. The van der Waals surface area contributed by atoms with E-state index < -0.39 is 3.93 Å². The van der Waals surface area contributed by atoms with Gasteiger partial charge >= 0.3 is 3.93 Å². The Morgan fingerprint density at radius 1 is 1.50 bits per heavy atom. The smallest absolute Gasteiger partial charge is 0.349 e. The summed E-state index contributed by atoms with van der Waals surface area (Å²) in [6.45, 7) is 0. The van der Waals surface area contributed by atoms with E-state index in [9.17, 15) is 8.78 Å². The number of anilines is 1. The molecule has 56 valence electrons. The fraction of sp³-hybridized carbons (Fsp3) is 0.333. The lowest BCUT2D eigenvalue weighted by atomic mass is 10.8. The Labute approximate surface area is 72.8 Å². The van der Waals surface area contributed by atoms with Gasteiger partial charge < -0.3 is 5.73 Å². The van der Waals surface area contributed by atoms with Crippen molar-refractivity contribution >= 4 is 39.1 Å². The molecule has 0 saturated carbocycles. The summed E-state index contributed by atoms with van der Waals surface area (Å²) in [4.78, 5) is 0. The number of alkyl halides is 3. The van der Waals surface area contributed by atoms with Gasteiger partial charge in [-0.1, -0.05) is 11.3 Å². The molecule has 0 saturated heterocycles. The van der Waals surface area contributed by atoms with Crippen LogP contribution in [0.1, 0.15) is 5.01 Å². The lowest BCUT2D eigenvalue weighted by Gasteiger charge is -1.99. The number of aromatic nitrogens is 2. The summed E-state index contributed by atoms with van der Waals surface area (Å²) in [5.41, 5.74) is 5.08. The molecule has 0 aliphatic rings. The van der Waals surface area contributed by atoms with Crippen molar-refractivity contribution in [3.05, 3.63) is 5.01 Å². The predicted octanol–water partition coefficient (Wildman–Crippen LogP) is 1.60. The number of nitrogens with zero attached hydrogens (tertiary/aromatic N) is 2. The van der Waals surface area contributed by atoms with E-state index in [0.717, 1.165) is 22.6 Å². The second-order valence-electron chi connectivity index (χ2n) is 1.44. The van der Waals surface area contributed by atoms with E-state index in [1.807, 2.05) is 0 Å². The molecule has 7 heteroatoms. The number of nitrogen functional groups attached to an aromatic ring is 1. The molecule has 1 rings (SSSR count). The van der Waals surface area contributed by atoms with Crippen molar-refractivity contribution in [1.82, 2.24) is 10.2 Å². The Kier molecular flexibility index (Phi) is 2.04. The zero-order valence-electron chi connectivity index (χ0n) is 4.51. The Balaban J connectivity index is 2.96. The van der Waals surface area contributed by atoms with Crippen LogP contribution >= 0.6 is 33.9 Å². The molecule has 1 heterocycles. The molecule has 0 spiro atoms. The molecule has 3 nitrogen and oxygen atoms in total. The van der Waals surface area contributed by atoms with Crippen LogP contribution in [0.5, 0.6) is 0 Å².